The molecule has 26 heavy (non-hydrogen) atoms. The number of benzene rings is 2. The molecule has 1 aliphatic rings. The second kappa shape index (κ2) is 7.72. The van der Waals surface area contributed by atoms with Crippen molar-refractivity contribution < 1.29 is 18.7 Å². The first-order valence-electron chi connectivity index (χ1n) is 8.32. The minimum atomic E-state index is -0.419. The van der Waals surface area contributed by atoms with Crippen molar-refractivity contribution in [1.29, 1.82) is 0 Å². The zero-order chi connectivity index (χ0) is 18.7. The molecule has 3 N–H and O–H groups in total. The van der Waals surface area contributed by atoms with Crippen LogP contribution in [-0.4, -0.2) is 26.2 Å². The van der Waals surface area contributed by atoms with Gasteiger partial charge in [0, 0.05) is 12.1 Å². The van der Waals surface area contributed by atoms with Crippen molar-refractivity contribution in [2.45, 2.75) is 25.4 Å². The molecular weight excluding hydrogens is 337 g/mol. The number of amides is 1. The highest BCUT2D eigenvalue weighted by atomic mass is 19.1. The molecule has 0 saturated carbocycles. The molecule has 0 radical (unpaired) electrons. The number of aryl methyl sites for hydroxylation is 1. The Kier molecular flexibility index (Phi) is 5.39. The van der Waals surface area contributed by atoms with E-state index in [4.69, 9.17) is 9.47 Å². The molecule has 2 atom stereocenters. The quantitative estimate of drug-likeness (QED) is 0.766. The minimum Gasteiger partial charge on any atom is -0.497 e. The number of ether oxygens (including phenoxy) is 2. The molecule has 1 fully saturated rings. The number of rotatable bonds is 5. The van der Waals surface area contributed by atoms with Crippen LogP contribution in [0.4, 0.5) is 10.1 Å². The summed E-state index contributed by atoms with van der Waals surface area (Å²) < 4.78 is 23.9. The second-order valence-electron chi connectivity index (χ2n) is 6.19. The number of halogens is 1. The van der Waals surface area contributed by atoms with Gasteiger partial charge in [-0.2, -0.15) is 0 Å². The molecule has 138 valence electrons. The summed E-state index contributed by atoms with van der Waals surface area (Å²) in [7, 11) is 3.10. The highest BCUT2D eigenvalue weighted by Gasteiger charge is 2.30. The average Bonchev–Trinajstić information content (AvgIpc) is 3.14. The molecule has 3 rings (SSSR count). The third-order valence-electron chi connectivity index (χ3n) is 4.47. The molecule has 0 aliphatic carbocycles. The molecule has 2 aromatic carbocycles. The smallest absolute Gasteiger partial charge is 0.243 e. The lowest BCUT2D eigenvalue weighted by Crippen LogP contribution is -2.39. The number of hydrazine groups is 1. The number of hydrogen-bond donors (Lipinski definition) is 3. The summed E-state index contributed by atoms with van der Waals surface area (Å²) in [4.78, 5) is 12.6. The van der Waals surface area contributed by atoms with Gasteiger partial charge in [-0.25, -0.2) is 15.2 Å². The van der Waals surface area contributed by atoms with Crippen LogP contribution in [-0.2, 0) is 4.79 Å². The standard InChI is InChI=1S/C19H22FN3O3/c1-11-8-12(4-6-14(11)20)16-10-17(23-22-16)19(24)21-15-7-5-13(25-2)9-18(15)26-3/h4-9,16-17,22-23H,10H2,1-3H3,(H,21,24). The van der Waals surface area contributed by atoms with Gasteiger partial charge in [0.1, 0.15) is 23.4 Å². The summed E-state index contributed by atoms with van der Waals surface area (Å²) in [5.41, 5.74) is 8.19. The largest absolute Gasteiger partial charge is 0.497 e. The minimum absolute atomic E-state index is 0.0668. The first kappa shape index (κ1) is 18.2. The molecule has 0 spiro atoms. The fraction of sp³-hybridized carbons (Fsp3) is 0.316. The van der Waals surface area contributed by atoms with Crippen LogP contribution in [0.5, 0.6) is 11.5 Å². The molecule has 1 heterocycles. The Morgan fingerprint density at radius 1 is 1.15 bits per heavy atom. The van der Waals surface area contributed by atoms with Crippen molar-refractivity contribution in [2.75, 3.05) is 19.5 Å². The van der Waals surface area contributed by atoms with Crippen molar-refractivity contribution in [3.63, 3.8) is 0 Å². The molecule has 1 aliphatic heterocycles. The van der Waals surface area contributed by atoms with Crippen LogP contribution in [0.2, 0.25) is 0 Å². The second-order valence-corrected chi connectivity index (χ2v) is 6.19. The Labute approximate surface area is 151 Å². The van der Waals surface area contributed by atoms with E-state index in [1.807, 2.05) is 0 Å². The van der Waals surface area contributed by atoms with E-state index in [1.165, 1.54) is 13.2 Å². The van der Waals surface area contributed by atoms with Gasteiger partial charge >= 0.3 is 0 Å². The zero-order valence-electron chi connectivity index (χ0n) is 14.9. The van der Waals surface area contributed by atoms with Gasteiger partial charge in [0.2, 0.25) is 5.91 Å². The Morgan fingerprint density at radius 3 is 2.65 bits per heavy atom. The van der Waals surface area contributed by atoms with Crippen molar-refractivity contribution in [2.24, 2.45) is 0 Å². The first-order chi connectivity index (χ1) is 12.5. The summed E-state index contributed by atoms with van der Waals surface area (Å²) >= 11 is 0. The monoisotopic (exact) mass is 359 g/mol. The lowest BCUT2D eigenvalue weighted by molar-refractivity contribution is -0.117. The van der Waals surface area contributed by atoms with Crippen LogP contribution < -0.4 is 25.6 Å². The number of hydrogen-bond acceptors (Lipinski definition) is 5. The molecule has 7 heteroatoms. The van der Waals surface area contributed by atoms with Gasteiger partial charge in [-0.15, -0.1) is 0 Å². The Balaban J connectivity index is 1.67. The first-order valence-corrected chi connectivity index (χ1v) is 8.32. The molecule has 1 saturated heterocycles. The van der Waals surface area contributed by atoms with Crippen molar-refractivity contribution in [3.05, 3.63) is 53.3 Å². The fourth-order valence-corrected chi connectivity index (χ4v) is 2.95. The lowest BCUT2D eigenvalue weighted by Gasteiger charge is -2.14. The molecule has 0 aromatic heterocycles. The highest BCUT2D eigenvalue weighted by Crippen LogP contribution is 2.30. The Morgan fingerprint density at radius 2 is 1.96 bits per heavy atom. The predicted octanol–water partition coefficient (Wildman–Crippen LogP) is 2.70. The van der Waals surface area contributed by atoms with E-state index in [9.17, 15) is 9.18 Å². The lowest BCUT2D eigenvalue weighted by atomic mass is 10.00. The van der Waals surface area contributed by atoms with Crippen molar-refractivity contribution in [3.8, 4) is 11.5 Å². The maximum absolute atomic E-state index is 13.4. The normalized spacial score (nSPS) is 19.2. The van der Waals surface area contributed by atoms with Gasteiger partial charge in [0.25, 0.3) is 0 Å². The van der Waals surface area contributed by atoms with Gasteiger partial charge in [0.05, 0.1) is 19.9 Å². The molecule has 2 aromatic rings. The summed E-state index contributed by atoms with van der Waals surface area (Å²) in [5.74, 6) is 0.754. The van der Waals surface area contributed by atoms with Crippen LogP contribution in [0.1, 0.15) is 23.6 Å². The molecule has 2 unspecified atom stereocenters. The topological polar surface area (TPSA) is 71.6 Å². The summed E-state index contributed by atoms with van der Waals surface area (Å²) in [6.07, 6.45) is 0.551. The van der Waals surface area contributed by atoms with E-state index in [2.05, 4.69) is 16.2 Å². The molecule has 0 bridgehead atoms. The van der Waals surface area contributed by atoms with Crippen molar-refractivity contribution >= 4 is 11.6 Å². The fourth-order valence-electron chi connectivity index (χ4n) is 2.95. The number of carbonyl (C=O) groups is 1. The van der Waals surface area contributed by atoms with Crippen LogP contribution in [0.25, 0.3) is 0 Å². The molecule has 1 amide bonds. The maximum atomic E-state index is 13.4. The number of methoxy groups -OCH3 is 2. The van der Waals surface area contributed by atoms with Gasteiger partial charge in [-0.3, -0.25) is 4.79 Å². The Bertz CT molecular complexity index is 813. The van der Waals surface area contributed by atoms with Gasteiger partial charge in [0.15, 0.2) is 0 Å². The van der Waals surface area contributed by atoms with Crippen LogP contribution in [0, 0.1) is 12.7 Å². The number of carbonyl (C=O) groups excluding carboxylic acids is 1. The zero-order valence-corrected chi connectivity index (χ0v) is 14.9. The van der Waals surface area contributed by atoms with E-state index >= 15 is 0 Å². The Hall–Kier alpha value is -2.64. The molecule has 6 nitrogen and oxygen atoms in total. The third-order valence-corrected chi connectivity index (χ3v) is 4.47. The summed E-state index contributed by atoms with van der Waals surface area (Å²) in [5, 5.41) is 2.87. The third kappa shape index (κ3) is 3.79. The van der Waals surface area contributed by atoms with Crippen molar-refractivity contribution in [1.82, 2.24) is 10.9 Å². The number of anilines is 1. The van der Waals surface area contributed by atoms with E-state index in [0.717, 1.165) is 5.56 Å². The summed E-state index contributed by atoms with van der Waals surface area (Å²) in [6.45, 7) is 1.72. The summed E-state index contributed by atoms with van der Waals surface area (Å²) in [6, 6.07) is 9.68. The van der Waals surface area contributed by atoms with Gasteiger partial charge < -0.3 is 14.8 Å². The van der Waals surface area contributed by atoms with Crippen LogP contribution >= 0.6 is 0 Å². The van der Waals surface area contributed by atoms with E-state index < -0.39 is 6.04 Å². The predicted molar refractivity (Wildman–Crippen MR) is 96.7 cm³/mol. The van der Waals surface area contributed by atoms with E-state index in [0.29, 0.717) is 29.2 Å². The average molecular weight is 359 g/mol. The number of nitrogens with one attached hydrogen (secondary N) is 3. The highest BCUT2D eigenvalue weighted by molar-refractivity contribution is 5.96. The maximum Gasteiger partial charge on any atom is 0.243 e. The van der Waals surface area contributed by atoms with E-state index in [-0.39, 0.29) is 17.8 Å². The van der Waals surface area contributed by atoms with Crippen LogP contribution in [0.15, 0.2) is 36.4 Å². The van der Waals surface area contributed by atoms with Crippen LogP contribution in [0.3, 0.4) is 0 Å². The van der Waals surface area contributed by atoms with Gasteiger partial charge in [-0.1, -0.05) is 12.1 Å². The molecular formula is C19H22FN3O3. The SMILES string of the molecule is COc1ccc(NC(=O)C2CC(c3ccc(F)c(C)c3)NN2)c(OC)c1. The van der Waals surface area contributed by atoms with E-state index in [1.54, 1.807) is 44.4 Å². The van der Waals surface area contributed by atoms with Gasteiger partial charge in [-0.05, 0) is 42.7 Å².